The van der Waals surface area contributed by atoms with E-state index >= 15 is 0 Å². The lowest BCUT2D eigenvalue weighted by atomic mass is 10.1. The zero-order valence-electron chi connectivity index (χ0n) is 13.5. The summed E-state index contributed by atoms with van der Waals surface area (Å²) in [5.41, 5.74) is 2.38. The van der Waals surface area contributed by atoms with Gasteiger partial charge < -0.3 is 0 Å². The van der Waals surface area contributed by atoms with E-state index in [-0.39, 0.29) is 4.90 Å². The highest BCUT2D eigenvalue weighted by molar-refractivity contribution is 7.89. The van der Waals surface area contributed by atoms with E-state index in [0.717, 1.165) is 11.3 Å². The number of aromatic nitrogens is 2. The maximum Gasteiger partial charge on any atom is 0.241 e. The number of benzene rings is 1. The van der Waals surface area contributed by atoms with Crippen LogP contribution in [0.25, 0.3) is 11.3 Å². The van der Waals surface area contributed by atoms with E-state index < -0.39 is 15.6 Å². The molecule has 0 radical (unpaired) electrons. The Hall–Kier alpha value is -1.79. The maximum absolute atomic E-state index is 12.7. The minimum atomic E-state index is -3.64. The minimum Gasteiger partial charge on any atom is -0.241 e. The summed E-state index contributed by atoms with van der Waals surface area (Å²) < 4.78 is 28.1. The van der Waals surface area contributed by atoms with Gasteiger partial charge in [0, 0.05) is 16.8 Å². The van der Waals surface area contributed by atoms with Crippen molar-refractivity contribution < 1.29 is 8.42 Å². The van der Waals surface area contributed by atoms with Crippen molar-refractivity contribution in [2.75, 3.05) is 0 Å². The first-order valence-corrected chi connectivity index (χ1v) is 8.52. The van der Waals surface area contributed by atoms with Crippen LogP contribution >= 0.6 is 0 Å². The molecular weight excluding hydrogens is 298 g/mol. The largest absolute Gasteiger partial charge is 0.241 e. The Kier molecular flexibility index (Phi) is 4.35. The van der Waals surface area contributed by atoms with Crippen LogP contribution in [0.1, 0.15) is 32.0 Å². The van der Waals surface area contributed by atoms with E-state index in [9.17, 15) is 8.42 Å². The zero-order valence-corrected chi connectivity index (χ0v) is 14.3. The van der Waals surface area contributed by atoms with Crippen molar-refractivity contribution in [2.45, 2.75) is 45.1 Å². The summed E-state index contributed by atoms with van der Waals surface area (Å²) in [4.78, 5) is 8.64. The van der Waals surface area contributed by atoms with Gasteiger partial charge in [0.05, 0.1) is 10.6 Å². The fourth-order valence-electron chi connectivity index (χ4n) is 2.16. The average Bonchev–Trinajstić information content (AvgIpc) is 2.39. The number of hydrogen-bond acceptors (Lipinski definition) is 4. The zero-order chi connectivity index (χ0) is 16.5. The molecule has 0 aliphatic heterocycles. The number of nitrogens with one attached hydrogen (secondary N) is 1. The van der Waals surface area contributed by atoms with Crippen LogP contribution in [0.4, 0.5) is 0 Å². The molecule has 0 aliphatic rings. The van der Waals surface area contributed by atoms with E-state index in [1.807, 2.05) is 40.7 Å². The highest BCUT2D eigenvalue weighted by Gasteiger charge is 2.25. The summed E-state index contributed by atoms with van der Waals surface area (Å²) in [6, 6.07) is 6.89. The second-order valence-electron chi connectivity index (χ2n) is 6.28. The summed E-state index contributed by atoms with van der Waals surface area (Å²) in [7, 11) is -3.64. The molecule has 0 unspecified atom stereocenters. The number of nitrogens with zero attached hydrogens (tertiary/aromatic N) is 2. The fraction of sp³-hybridized carbons (Fsp3) is 0.375. The highest BCUT2D eigenvalue weighted by atomic mass is 32.2. The molecule has 1 N–H and O–H groups in total. The molecule has 0 atom stereocenters. The van der Waals surface area contributed by atoms with Gasteiger partial charge in [0.2, 0.25) is 10.0 Å². The Morgan fingerprint density at radius 2 is 1.68 bits per heavy atom. The molecule has 0 amide bonds. The van der Waals surface area contributed by atoms with Gasteiger partial charge in [-0.15, -0.1) is 0 Å². The molecule has 5 nitrogen and oxygen atoms in total. The first-order valence-electron chi connectivity index (χ1n) is 7.03. The lowest BCUT2D eigenvalue weighted by molar-refractivity contribution is 0.491. The second-order valence-corrected chi connectivity index (χ2v) is 7.94. The van der Waals surface area contributed by atoms with Crippen molar-refractivity contribution in [3.05, 3.63) is 41.9 Å². The van der Waals surface area contributed by atoms with Crippen molar-refractivity contribution in [1.82, 2.24) is 14.7 Å². The third kappa shape index (κ3) is 3.51. The molecule has 1 heterocycles. The average molecular weight is 319 g/mol. The molecule has 0 aliphatic carbocycles. The lowest BCUT2D eigenvalue weighted by Crippen LogP contribution is -2.40. The number of aryl methyl sites for hydroxylation is 1. The molecule has 0 bridgehead atoms. The molecule has 2 rings (SSSR count). The summed E-state index contributed by atoms with van der Waals surface area (Å²) in [5, 5.41) is 0. The van der Waals surface area contributed by atoms with Gasteiger partial charge in [0.25, 0.3) is 0 Å². The molecule has 2 aromatic rings. The van der Waals surface area contributed by atoms with Crippen LogP contribution in [0.2, 0.25) is 0 Å². The van der Waals surface area contributed by atoms with Gasteiger partial charge in [0.1, 0.15) is 6.33 Å². The minimum absolute atomic E-state index is 0.228. The van der Waals surface area contributed by atoms with E-state index in [4.69, 9.17) is 0 Å². The van der Waals surface area contributed by atoms with E-state index in [2.05, 4.69) is 14.7 Å². The predicted octanol–water partition coefficient (Wildman–Crippen LogP) is 2.84. The van der Waals surface area contributed by atoms with E-state index in [0.29, 0.717) is 11.3 Å². The number of sulfonamides is 1. The van der Waals surface area contributed by atoms with E-state index in [1.54, 1.807) is 18.2 Å². The van der Waals surface area contributed by atoms with Crippen LogP contribution < -0.4 is 4.72 Å². The van der Waals surface area contributed by atoms with Crippen molar-refractivity contribution in [3.63, 3.8) is 0 Å². The summed E-state index contributed by atoms with van der Waals surface area (Å²) in [6.07, 6.45) is 1.46. The Morgan fingerprint density at radius 1 is 1.05 bits per heavy atom. The Bertz CT molecular complexity index is 793. The van der Waals surface area contributed by atoms with Crippen LogP contribution in [0, 0.1) is 13.8 Å². The monoisotopic (exact) mass is 319 g/mol. The van der Waals surface area contributed by atoms with Crippen molar-refractivity contribution in [2.24, 2.45) is 0 Å². The Morgan fingerprint density at radius 3 is 2.32 bits per heavy atom. The molecule has 0 spiro atoms. The number of rotatable bonds is 3. The van der Waals surface area contributed by atoms with Crippen LogP contribution in [-0.4, -0.2) is 23.9 Å². The third-order valence-corrected chi connectivity index (χ3v) is 5.02. The van der Waals surface area contributed by atoms with Crippen LogP contribution in [0.3, 0.4) is 0 Å². The van der Waals surface area contributed by atoms with Crippen molar-refractivity contribution in [3.8, 4) is 11.3 Å². The molecular formula is C16H21N3O2S. The molecule has 22 heavy (non-hydrogen) atoms. The first-order chi connectivity index (χ1) is 10.1. The van der Waals surface area contributed by atoms with Crippen molar-refractivity contribution >= 4 is 10.0 Å². The van der Waals surface area contributed by atoms with Gasteiger partial charge in [-0.3, -0.25) is 0 Å². The highest BCUT2D eigenvalue weighted by Crippen LogP contribution is 2.29. The summed E-state index contributed by atoms with van der Waals surface area (Å²) >= 11 is 0. The quantitative estimate of drug-likeness (QED) is 0.944. The molecule has 118 valence electrons. The molecule has 1 aromatic carbocycles. The SMILES string of the molecule is Cc1ncnc(-c2ccccc2S(=O)(=O)NC(C)(C)C)c1C. The summed E-state index contributed by atoms with van der Waals surface area (Å²) in [6.45, 7) is 9.21. The van der Waals surface area contributed by atoms with Gasteiger partial charge in [-0.05, 0) is 46.2 Å². The standard InChI is InChI=1S/C16H21N3O2S/c1-11-12(2)17-10-18-15(11)13-8-6-7-9-14(13)22(20,21)19-16(3,4)5/h6-10,19H,1-5H3. The third-order valence-electron chi connectivity index (χ3n) is 3.21. The normalized spacial score (nSPS) is 12.4. The van der Waals surface area contributed by atoms with Crippen LogP contribution in [0.15, 0.2) is 35.5 Å². The van der Waals surface area contributed by atoms with Crippen LogP contribution in [-0.2, 0) is 10.0 Å². The molecule has 0 saturated heterocycles. The molecule has 0 fully saturated rings. The molecule has 6 heteroatoms. The molecule has 1 aromatic heterocycles. The topological polar surface area (TPSA) is 72.0 Å². The summed E-state index contributed by atoms with van der Waals surface area (Å²) in [5.74, 6) is 0. The van der Waals surface area contributed by atoms with Gasteiger partial charge in [0.15, 0.2) is 0 Å². The van der Waals surface area contributed by atoms with Gasteiger partial charge in [-0.2, -0.15) is 0 Å². The van der Waals surface area contributed by atoms with Gasteiger partial charge >= 0.3 is 0 Å². The van der Waals surface area contributed by atoms with Gasteiger partial charge in [-0.1, -0.05) is 18.2 Å². The first kappa shape index (κ1) is 16.6. The predicted molar refractivity (Wildman–Crippen MR) is 87.0 cm³/mol. The van der Waals surface area contributed by atoms with Gasteiger partial charge in [-0.25, -0.2) is 23.1 Å². The fourth-order valence-corrected chi connectivity index (χ4v) is 3.79. The Labute approximate surface area is 131 Å². The van der Waals surface area contributed by atoms with E-state index in [1.165, 1.54) is 6.33 Å². The van der Waals surface area contributed by atoms with Crippen LogP contribution in [0.5, 0.6) is 0 Å². The lowest BCUT2D eigenvalue weighted by Gasteiger charge is -2.21. The smallest absolute Gasteiger partial charge is 0.241 e. The number of hydrogen-bond donors (Lipinski definition) is 1. The molecule has 0 saturated carbocycles. The van der Waals surface area contributed by atoms with Crippen molar-refractivity contribution in [1.29, 1.82) is 0 Å². The Balaban J connectivity index is 2.64. The second kappa shape index (κ2) is 5.78. The maximum atomic E-state index is 12.7.